The van der Waals surface area contributed by atoms with Crippen molar-refractivity contribution < 1.29 is 14.3 Å². The largest absolute Gasteiger partial charge is 0.480 e. The summed E-state index contributed by atoms with van der Waals surface area (Å²) in [5.41, 5.74) is 4.58. The van der Waals surface area contributed by atoms with Crippen LogP contribution in [0, 0.1) is 6.92 Å². The van der Waals surface area contributed by atoms with Crippen LogP contribution in [0.2, 0.25) is 0 Å². The van der Waals surface area contributed by atoms with E-state index in [0.717, 1.165) is 41.8 Å². The first-order chi connectivity index (χ1) is 13.0. The number of carbonyl (C=O) groups is 2. The van der Waals surface area contributed by atoms with Crippen LogP contribution in [0.15, 0.2) is 30.3 Å². The second-order valence-corrected chi connectivity index (χ2v) is 7.22. The maximum Gasteiger partial charge on any atom is 0.257 e. The molecule has 0 bridgehead atoms. The first kappa shape index (κ1) is 17.5. The molecule has 1 aliphatic carbocycles. The number of amides is 2. The number of carbonyl (C=O) groups excluding carboxylic acids is 2. The van der Waals surface area contributed by atoms with Crippen molar-refractivity contribution in [2.24, 2.45) is 0 Å². The van der Waals surface area contributed by atoms with Gasteiger partial charge in [-0.2, -0.15) is 0 Å². The van der Waals surface area contributed by atoms with Crippen LogP contribution in [0.25, 0.3) is 0 Å². The van der Waals surface area contributed by atoms with E-state index < -0.39 is 0 Å². The molecule has 0 saturated carbocycles. The number of nitrogens with zero attached hydrogens (tertiary/aromatic N) is 2. The molecular formula is C21H23N3O3. The van der Waals surface area contributed by atoms with E-state index in [1.807, 2.05) is 37.3 Å². The summed E-state index contributed by atoms with van der Waals surface area (Å²) in [6, 6.07) is 9.49. The lowest BCUT2D eigenvalue weighted by atomic mass is 10.1. The van der Waals surface area contributed by atoms with Crippen molar-refractivity contribution in [1.82, 2.24) is 10.3 Å². The Morgan fingerprint density at radius 3 is 2.78 bits per heavy atom. The van der Waals surface area contributed by atoms with Gasteiger partial charge in [0.25, 0.3) is 5.91 Å². The Balaban J connectivity index is 1.49. The van der Waals surface area contributed by atoms with Gasteiger partial charge >= 0.3 is 0 Å². The molecule has 6 heteroatoms. The van der Waals surface area contributed by atoms with Crippen LogP contribution >= 0.6 is 0 Å². The summed E-state index contributed by atoms with van der Waals surface area (Å²) in [6.07, 6.45) is 3.21. The second kappa shape index (κ2) is 7.02. The molecule has 140 valence electrons. The Morgan fingerprint density at radius 1 is 1.26 bits per heavy atom. The van der Waals surface area contributed by atoms with Gasteiger partial charge in [-0.3, -0.25) is 9.59 Å². The summed E-state index contributed by atoms with van der Waals surface area (Å²) in [4.78, 5) is 31.4. The van der Waals surface area contributed by atoms with Gasteiger partial charge in [0.1, 0.15) is 5.56 Å². The smallest absolute Gasteiger partial charge is 0.257 e. The lowest BCUT2D eigenvalue weighted by Gasteiger charge is -2.18. The summed E-state index contributed by atoms with van der Waals surface area (Å²) in [6.45, 7) is 2.48. The number of rotatable bonds is 4. The SMILES string of the molecule is COc1nc2c(cc1C(=O)N[C@H]1CC(=O)N(c3ccc(C)cc3)C1)CCC2. The third-order valence-electron chi connectivity index (χ3n) is 5.26. The fourth-order valence-corrected chi connectivity index (χ4v) is 3.81. The number of aryl methyl sites for hydroxylation is 3. The number of nitrogens with one attached hydrogen (secondary N) is 1. The standard InChI is InChI=1S/C21H23N3O3/c1-13-6-8-16(9-7-13)24-12-15(11-19(24)25)22-20(26)17-10-14-4-3-5-18(14)23-21(17)27-2/h6-10,15H,3-5,11-12H2,1-2H3,(H,22,26)/t15-/m0/s1. The van der Waals surface area contributed by atoms with Crippen molar-refractivity contribution >= 4 is 17.5 Å². The summed E-state index contributed by atoms with van der Waals surface area (Å²) in [5.74, 6) is 0.133. The lowest BCUT2D eigenvalue weighted by molar-refractivity contribution is -0.117. The summed E-state index contributed by atoms with van der Waals surface area (Å²) >= 11 is 0. The number of hydrogen-bond donors (Lipinski definition) is 1. The molecule has 0 spiro atoms. The monoisotopic (exact) mass is 365 g/mol. The van der Waals surface area contributed by atoms with Gasteiger partial charge in [0.05, 0.1) is 13.2 Å². The van der Waals surface area contributed by atoms with Gasteiger partial charge in [-0.15, -0.1) is 0 Å². The normalized spacial score (nSPS) is 18.5. The van der Waals surface area contributed by atoms with Crippen molar-refractivity contribution in [3.63, 3.8) is 0 Å². The number of ether oxygens (including phenoxy) is 1. The highest BCUT2D eigenvalue weighted by Gasteiger charge is 2.32. The zero-order valence-electron chi connectivity index (χ0n) is 15.6. The maximum atomic E-state index is 12.8. The highest BCUT2D eigenvalue weighted by molar-refractivity contribution is 6.00. The molecule has 2 aliphatic rings. The topological polar surface area (TPSA) is 71.5 Å². The fraction of sp³-hybridized carbons (Fsp3) is 0.381. The molecule has 6 nitrogen and oxygen atoms in total. The molecule has 1 fully saturated rings. The number of aromatic nitrogens is 1. The van der Waals surface area contributed by atoms with Crippen molar-refractivity contribution in [3.05, 3.63) is 52.7 Å². The van der Waals surface area contributed by atoms with Crippen LogP contribution in [0.4, 0.5) is 5.69 Å². The zero-order valence-corrected chi connectivity index (χ0v) is 15.6. The van der Waals surface area contributed by atoms with Crippen molar-refractivity contribution in [3.8, 4) is 5.88 Å². The molecule has 1 aromatic heterocycles. The van der Waals surface area contributed by atoms with Gasteiger partial charge in [0, 0.05) is 24.3 Å². The highest BCUT2D eigenvalue weighted by Crippen LogP contribution is 2.27. The quantitative estimate of drug-likeness (QED) is 0.903. The predicted molar refractivity (Wildman–Crippen MR) is 102 cm³/mol. The van der Waals surface area contributed by atoms with Gasteiger partial charge < -0.3 is 15.0 Å². The minimum absolute atomic E-state index is 0.0168. The molecule has 27 heavy (non-hydrogen) atoms. The first-order valence-electron chi connectivity index (χ1n) is 9.30. The average molecular weight is 365 g/mol. The summed E-state index contributed by atoms with van der Waals surface area (Å²) in [7, 11) is 1.53. The van der Waals surface area contributed by atoms with Gasteiger partial charge in [-0.1, -0.05) is 17.7 Å². The van der Waals surface area contributed by atoms with Crippen molar-refractivity contribution in [2.45, 2.75) is 38.6 Å². The summed E-state index contributed by atoms with van der Waals surface area (Å²) in [5, 5.41) is 2.98. The van der Waals surface area contributed by atoms with Gasteiger partial charge in [0.2, 0.25) is 11.8 Å². The Labute approximate surface area is 158 Å². The van der Waals surface area contributed by atoms with Gasteiger partial charge in [-0.05, 0) is 49.9 Å². The van der Waals surface area contributed by atoms with Crippen LogP contribution in [0.3, 0.4) is 0 Å². The number of anilines is 1. The maximum absolute atomic E-state index is 12.8. The number of pyridine rings is 1. The molecule has 2 aromatic rings. The predicted octanol–water partition coefficient (Wildman–Crippen LogP) is 2.42. The van der Waals surface area contributed by atoms with E-state index in [-0.39, 0.29) is 17.9 Å². The molecule has 0 radical (unpaired) electrons. The Kier molecular flexibility index (Phi) is 4.56. The second-order valence-electron chi connectivity index (χ2n) is 7.22. The molecule has 2 amide bonds. The zero-order chi connectivity index (χ0) is 19.0. The molecule has 1 saturated heterocycles. The third kappa shape index (κ3) is 3.39. The highest BCUT2D eigenvalue weighted by atomic mass is 16.5. The van der Waals surface area contributed by atoms with Gasteiger partial charge in [0.15, 0.2) is 0 Å². The molecule has 4 rings (SSSR count). The first-order valence-corrected chi connectivity index (χ1v) is 9.30. The molecule has 1 aromatic carbocycles. The molecule has 2 heterocycles. The van der Waals surface area contributed by atoms with Crippen LogP contribution in [0.1, 0.15) is 40.0 Å². The van der Waals surface area contributed by atoms with E-state index in [0.29, 0.717) is 24.4 Å². The summed E-state index contributed by atoms with van der Waals surface area (Å²) < 4.78 is 5.33. The van der Waals surface area contributed by atoms with Gasteiger partial charge in [-0.25, -0.2) is 4.98 Å². The van der Waals surface area contributed by atoms with E-state index in [1.165, 1.54) is 7.11 Å². The van der Waals surface area contributed by atoms with E-state index in [9.17, 15) is 9.59 Å². The van der Waals surface area contributed by atoms with Crippen LogP contribution < -0.4 is 15.0 Å². The third-order valence-corrected chi connectivity index (χ3v) is 5.26. The number of benzene rings is 1. The molecule has 1 N–H and O–H groups in total. The van der Waals surface area contributed by atoms with E-state index in [4.69, 9.17) is 4.74 Å². The average Bonchev–Trinajstić information content (AvgIpc) is 3.27. The molecular weight excluding hydrogens is 342 g/mol. The molecule has 0 unspecified atom stereocenters. The Bertz CT molecular complexity index is 892. The molecule has 1 atom stereocenters. The van der Waals surface area contributed by atoms with Crippen LogP contribution in [-0.2, 0) is 17.6 Å². The van der Waals surface area contributed by atoms with Crippen LogP contribution in [0.5, 0.6) is 5.88 Å². The van der Waals surface area contributed by atoms with Crippen molar-refractivity contribution in [2.75, 3.05) is 18.6 Å². The van der Waals surface area contributed by atoms with Crippen molar-refractivity contribution in [1.29, 1.82) is 0 Å². The molecule has 1 aliphatic heterocycles. The van der Waals surface area contributed by atoms with E-state index >= 15 is 0 Å². The lowest BCUT2D eigenvalue weighted by Crippen LogP contribution is -2.37. The minimum atomic E-state index is -0.238. The Hall–Kier alpha value is -2.89. The number of fused-ring (bicyclic) bond motifs is 1. The minimum Gasteiger partial charge on any atom is -0.480 e. The van der Waals surface area contributed by atoms with E-state index in [1.54, 1.807) is 4.90 Å². The fourth-order valence-electron chi connectivity index (χ4n) is 3.81. The Morgan fingerprint density at radius 2 is 2.04 bits per heavy atom. The van der Waals surface area contributed by atoms with E-state index in [2.05, 4.69) is 10.3 Å². The van der Waals surface area contributed by atoms with Crippen LogP contribution in [-0.4, -0.2) is 36.5 Å². The number of hydrogen-bond acceptors (Lipinski definition) is 4. The number of methoxy groups -OCH3 is 1.